The van der Waals surface area contributed by atoms with Crippen LogP contribution >= 0.6 is 0 Å². The number of nitrogens with zero attached hydrogens (tertiary/aromatic N) is 1. The van der Waals surface area contributed by atoms with Crippen LogP contribution in [0.4, 0.5) is 13.2 Å². The van der Waals surface area contributed by atoms with Crippen molar-refractivity contribution in [2.45, 2.75) is 43.8 Å². The van der Waals surface area contributed by atoms with Crippen LogP contribution in [-0.4, -0.2) is 26.6 Å². The Kier molecular flexibility index (Phi) is 4.27. The fourth-order valence-corrected chi connectivity index (χ4v) is 4.43. The summed E-state index contributed by atoms with van der Waals surface area (Å²) in [6.07, 6.45) is 0.303. The number of halogens is 3. The number of benzene rings is 1. The molecular weight excluding hydrogens is 407 g/mol. The van der Waals surface area contributed by atoms with E-state index < -0.39 is 17.7 Å². The van der Waals surface area contributed by atoms with E-state index in [1.165, 1.54) is 12.1 Å². The van der Waals surface area contributed by atoms with Crippen molar-refractivity contribution in [2.24, 2.45) is 5.73 Å². The van der Waals surface area contributed by atoms with Crippen LogP contribution in [0.3, 0.4) is 0 Å². The molecule has 2 aliphatic rings. The summed E-state index contributed by atoms with van der Waals surface area (Å²) in [7, 11) is 0. The first kappa shape index (κ1) is 19.8. The lowest BCUT2D eigenvalue weighted by atomic mass is 9.88. The summed E-state index contributed by atoms with van der Waals surface area (Å²) >= 11 is 0. The first-order valence-corrected chi connectivity index (χ1v) is 10.1. The summed E-state index contributed by atoms with van der Waals surface area (Å²) in [5, 5.41) is 9.84. The SMILES string of the molecule is NC1(Cc2[nH]c3c(c2C(=O)O)CCc2cnc(-c4ccccc4C(F)(F)F)cc2-3)CC1. The minimum atomic E-state index is -4.50. The van der Waals surface area contributed by atoms with Gasteiger partial charge in [-0.15, -0.1) is 0 Å². The molecule has 2 heterocycles. The number of aromatic carboxylic acids is 1. The van der Waals surface area contributed by atoms with Crippen molar-refractivity contribution in [3.8, 4) is 22.5 Å². The van der Waals surface area contributed by atoms with Crippen LogP contribution in [0, 0.1) is 0 Å². The van der Waals surface area contributed by atoms with Crippen molar-refractivity contribution in [1.82, 2.24) is 9.97 Å². The van der Waals surface area contributed by atoms with Gasteiger partial charge >= 0.3 is 12.1 Å². The molecule has 8 heteroatoms. The fourth-order valence-electron chi connectivity index (χ4n) is 4.43. The fraction of sp³-hybridized carbons (Fsp3) is 0.304. The summed E-state index contributed by atoms with van der Waals surface area (Å²) in [6.45, 7) is 0. The number of nitrogens with one attached hydrogen (secondary N) is 1. The highest BCUT2D eigenvalue weighted by Gasteiger charge is 2.41. The van der Waals surface area contributed by atoms with Gasteiger partial charge in [-0.1, -0.05) is 18.2 Å². The van der Waals surface area contributed by atoms with Crippen LogP contribution in [0.1, 0.15) is 45.6 Å². The molecule has 5 nitrogen and oxygen atoms in total. The molecule has 1 fully saturated rings. The minimum Gasteiger partial charge on any atom is -0.478 e. The quantitative estimate of drug-likeness (QED) is 0.568. The van der Waals surface area contributed by atoms with E-state index in [0.29, 0.717) is 41.8 Å². The zero-order valence-electron chi connectivity index (χ0n) is 16.5. The van der Waals surface area contributed by atoms with E-state index in [1.54, 1.807) is 18.3 Å². The van der Waals surface area contributed by atoms with Gasteiger partial charge in [0.05, 0.1) is 22.5 Å². The lowest BCUT2D eigenvalue weighted by molar-refractivity contribution is -0.137. The van der Waals surface area contributed by atoms with Gasteiger partial charge in [-0.3, -0.25) is 4.98 Å². The Balaban J connectivity index is 1.65. The molecule has 3 aromatic rings. The van der Waals surface area contributed by atoms with E-state index >= 15 is 0 Å². The molecule has 5 rings (SSSR count). The maximum absolute atomic E-state index is 13.5. The highest BCUT2D eigenvalue weighted by Crippen LogP contribution is 2.43. The lowest BCUT2D eigenvalue weighted by Crippen LogP contribution is -2.25. The zero-order chi connectivity index (χ0) is 22.0. The summed E-state index contributed by atoms with van der Waals surface area (Å²) in [6, 6.07) is 6.95. The van der Waals surface area contributed by atoms with Crippen LogP contribution in [0.5, 0.6) is 0 Å². The van der Waals surface area contributed by atoms with Crippen LogP contribution < -0.4 is 5.73 Å². The van der Waals surface area contributed by atoms with Gasteiger partial charge in [0.25, 0.3) is 0 Å². The third-order valence-electron chi connectivity index (χ3n) is 6.22. The molecule has 1 aromatic carbocycles. The number of aromatic amines is 1. The van der Waals surface area contributed by atoms with Crippen LogP contribution in [0.2, 0.25) is 0 Å². The number of hydrogen-bond donors (Lipinski definition) is 3. The smallest absolute Gasteiger partial charge is 0.417 e. The maximum atomic E-state index is 13.5. The number of H-pyrrole nitrogens is 1. The van der Waals surface area contributed by atoms with E-state index in [0.717, 1.165) is 24.5 Å². The molecule has 0 atom stereocenters. The molecule has 4 N–H and O–H groups in total. The van der Waals surface area contributed by atoms with Gasteiger partial charge in [0.1, 0.15) is 0 Å². The number of alkyl halides is 3. The molecule has 2 aliphatic carbocycles. The van der Waals surface area contributed by atoms with Crippen molar-refractivity contribution in [3.63, 3.8) is 0 Å². The summed E-state index contributed by atoms with van der Waals surface area (Å²) in [5.41, 5.74) is 9.01. The highest BCUT2D eigenvalue weighted by atomic mass is 19.4. The zero-order valence-corrected chi connectivity index (χ0v) is 16.5. The third-order valence-corrected chi connectivity index (χ3v) is 6.22. The number of hydrogen-bond acceptors (Lipinski definition) is 3. The van der Waals surface area contributed by atoms with Crippen LogP contribution in [-0.2, 0) is 25.4 Å². The normalized spacial score (nSPS) is 16.5. The van der Waals surface area contributed by atoms with E-state index in [-0.39, 0.29) is 22.4 Å². The van der Waals surface area contributed by atoms with Crippen LogP contribution in [0.15, 0.2) is 36.5 Å². The molecule has 0 unspecified atom stereocenters. The Morgan fingerprint density at radius 2 is 1.94 bits per heavy atom. The topological polar surface area (TPSA) is 92.0 Å². The maximum Gasteiger partial charge on any atom is 0.417 e. The Morgan fingerprint density at radius 3 is 2.61 bits per heavy atom. The molecule has 0 amide bonds. The molecule has 0 saturated heterocycles. The van der Waals surface area contributed by atoms with Crippen molar-refractivity contribution < 1.29 is 23.1 Å². The largest absolute Gasteiger partial charge is 0.478 e. The summed E-state index contributed by atoms with van der Waals surface area (Å²) in [5.74, 6) is -1.02. The molecule has 2 aromatic heterocycles. The number of aromatic nitrogens is 2. The Hall–Kier alpha value is -3.13. The number of aryl methyl sites for hydroxylation is 1. The number of pyridine rings is 1. The molecule has 0 spiro atoms. The van der Waals surface area contributed by atoms with Gasteiger partial charge in [-0.2, -0.15) is 13.2 Å². The van der Waals surface area contributed by atoms with Gasteiger partial charge < -0.3 is 15.8 Å². The van der Waals surface area contributed by atoms with E-state index in [2.05, 4.69) is 9.97 Å². The van der Waals surface area contributed by atoms with E-state index in [9.17, 15) is 23.1 Å². The Morgan fingerprint density at radius 1 is 1.19 bits per heavy atom. The molecule has 1 saturated carbocycles. The van der Waals surface area contributed by atoms with Gasteiger partial charge in [0, 0.05) is 35.0 Å². The second kappa shape index (κ2) is 6.68. The van der Waals surface area contributed by atoms with Crippen molar-refractivity contribution in [1.29, 1.82) is 0 Å². The monoisotopic (exact) mass is 427 g/mol. The molecule has 0 aliphatic heterocycles. The first-order valence-electron chi connectivity index (χ1n) is 10.1. The third kappa shape index (κ3) is 3.40. The number of fused-ring (bicyclic) bond motifs is 3. The van der Waals surface area contributed by atoms with Crippen molar-refractivity contribution >= 4 is 5.97 Å². The van der Waals surface area contributed by atoms with Crippen LogP contribution in [0.25, 0.3) is 22.5 Å². The molecule has 0 radical (unpaired) electrons. The number of carboxylic acid groups (broad SMARTS) is 1. The Labute approximate surface area is 176 Å². The first-order chi connectivity index (χ1) is 14.7. The van der Waals surface area contributed by atoms with Gasteiger partial charge in [0.2, 0.25) is 0 Å². The molecular formula is C23H20F3N3O2. The lowest BCUT2D eigenvalue weighted by Gasteiger charge is -2.19. The van der Waals surface area contributed by atoms with Crippen molar-refractivity contribution in [2.75, 3.05) is 0 Å². The Bertz CT molecular complexity index is 1210. The van der Waals surface area contributed by atoms with E-state index in [4.69, 9.17) is 5.73 Å². The summed E-state index contributed by atoms with van der Waals surface area (Å²) in [4.78, 5) is 19.6. The average molecular weight is 427 g/mol. The van der Waals surface area contributed by atoms with Gasteiger partial charge in [-0.25, -0.2) is 4.79 Å². The highest BCUT2D eigenvalue weighted by molar-refractivity contribution is 5.95. The average Bonchev–Trinajstić information content (AvgIpc) is 3.32. The number of carbonyl (C=O) groups is 1. The summed E-state index contributed by atoms with van der Waals surface area (Å²) < 4.78 is 40.5. The minimum absolute atomic E-state index is 0.00551. The van der Waals surface area contributed by atoms with E-state index in [1.807, 2.05) is 0 Å². The van der Waals surface area contributed by atoms with Crippen molar-refractivity contribution in [3.05, 3.63) is 64.5 Å². The second-order valence-electron chi connectivity index (χ2n) is 8.45. The standard InChI is InChI=1S/C23H20F3N3O2/c24-23(25,26)16-4-2-1-3-13(16)17-9-15-12(11-28-17)5-6-14-19(21(30)31)18(29-20(14)15)10-22(27)7-8-22/h1-4,9,11,29H,5-8,10,27H2,(H,30,31). The number of nitrogens with two attached hydrogens (primary N) is 1. The molecule has 160 valence electrons. The predicted molar refractivity (Wildman–Crippen MR) is 109 cm³/mol. The number of carboxylic acids is 1. The number of rotatable bonds is 4. The van der Waals surface area contributed by atoms with Gasteiger partial charge in [0.15, 0.2) is 0 Å². The second-order valence-corrected chi connectivity index (χ2v) is 8.45. The molecule has 31 heavy (non-hydrogen) atoms. The molecule has 0 bridgehead atoms. The van der Waals surface area contributed by atoms with Gasteiger partial charge in [-0.05, 0) is 48.9 Å². The predicted octanol–water partition coefficient (Wildman–Crippen LogP) is 4.59.